The minimum atomic E-state index is -3.63. The SMILES string of the molecule is COc1ccc(CNc2nn(C)c3c2sc2nnc(C)c(C)c23)cc1.Cc1nnc2sc3c(NCc4ccc(F)c(S(C)(=O)=O)c4)nn(C)c3c2c1C.Cc1nnc2sc3c(NCc4ccc(S(C)(=O)=O)cc4)nn(C)c3c2c1C. The maximum Gasteiger partial charge on any atom is 0.178 e. The molecule has 3 N–H and O–H groups in total. The number of thiophene rings is 3. The van der Waals surface area contributed by atoms with Gasteiger partial charge in [0.1, 0.15) is 31.0 Å². The molecule has 0 unspecified atom stereocenters. The molecule has 0 amide bonds. The summed E-state index contributed by atoms with van der Waals surface area (Å²) in [6, 6.07) is 19.0. The lowest BCUT2D eigenvalue weighted by Gasteiger charge is -2.06. The van der Waals surface area contributed by atoms with Gasteiger partial charge in [0.2, 0.25) is 0 Å². The van der Waals surface area contributed by atoms with Crippen LogP contribution in [0, 0.1) is 47.4 Å². The summed E-state index contributed by atoms with van der Waals surface area (Å²) in [6.45, 7) is 13.6. The lowest BCUT2D eigenvalue weighted by Crippen LogP contribution is -2.05. The Hall–Kier alpha value is -7.78. The van der Waals surface area contributed by atoms with Crippen LogP contribution in [0.3, 0.4) is 0 Å². The highest BCUT2D eigenvalue weighted by atomic mass is 32.2. The van der Waals surface area contributed by atoms with Crippen LogP contribution in [0.4, 0.5) is 21.8 Å². The molecule has 0 fully saturated rings. The van der Waals surface area contributed by atoms with Gasteiger partial charge in [0, 0.05) is 69.4 Å². The number of benzene rings is 3. The van der Waals surface area contributed by atoms with Crippen molar-refractivity contribution in [2.24, 2.45) is 21.1 Å². The van der Waals surface area contributed by atoms with Gasteiger partial charge in [0.05, 0.1) is 59.7 Å². The second-order valence-electron chi connectivity index (χ2n) is 19.4. The zero-order valence-corrected chi connectivity index (χ0v) is 49.9. The topological polar surface area (TPSA) is 244 Å². The Morgan fingerprint density at radius 2 is 0.850 bits per heavy atom. The smallest absolute Gasteiger partial charge is 0.178 e. The molecule has 0 radical (unpaired) electrons. The maximum atomic E-state index is 13.8. The molecular weight excluding hydrogens is 1120 g/mol. The summed E-state index contributed by atoms with van der Waals surface area (Å²) in [5, 5.41) is 52.8. The zero-order chi connectivity index (χ0) is 57.1. The fraction of sp³-hybridized carbons (Fsp3) is 0.278. The molecule has 3 aromatic carbocycles. The Bertz CT molecular complexity index is 4600. The fourth-order valence-electron chi connectivity index (χ4n) is 9.17. The molecule has 20 nitrogen and oxygen atoms in total. The predicted octanol–water partition coefficient (Wildman–Crippen LogP) is 10.4. The van der Waals surface area contributed by atoms with Gasteiger partial charge in [0.25, 0.3) is 0 Å². The number of hydrogen-bond donors (Lipinski definition) is 3. The van der Waals surface area contributed by atoms with E-state index >= 15 is 0 Å². The first-order chi connectivity index (χ1) is 38.0. The molecule has 9 heterocycles. The lowest BCUT2D eigenvalue weighted by atomic mass is 10.1. The monoisotopic (exact) mass is 1170 g/mol. The van der Waals surface area contributed by atoms with Gasteiger partial charge in [-0.1, -0.05) is 30.3 Å². The van der Waals surface area contributed by atoms with Crippen LogP contribution in [0.2, 0.25) is 0 Å². The summed E-state index contributed by atoms with van der Waals surface area (Å²) in [4.78, 5) is 2.72. The minimum absolute atomic E-state index is 0.304. The van der Waals surface area contributed by atoms with Crippen LogP contribution in [0.15, 0.2) is 76.5 Å². The molecule has 26 heteroatoms. The van der Waals surface area contributed by atoms with E-state index in [1.807, 2.05) is 82.5 Å². The molecule has 80 heavy (non-hydrogen) atoms. The second-order valence-corrected chi connectivity index (χ2v) is 26.4. The molecule has 0 aliphatic rings. The number of ether oxygens (including phenoxy) is 1. The highest BCUT2D eigenvalue weighted by molar-refractivity contribution is 7.91. The molecule has 414 valence electrons. The van der Waals surface area contributed by atoms with Crippen LogP contribution in [0.1, 0.15) is 50.5 Å². The van der Waals surface area contributed by atoms with Gasteiger partial charge in [-0.2, -0.15) is 30.6 Å². The molecule has 12 rings (SSSR count). The van der Waals surface area contributed by atoms with E-state index in [9.17, 15) is 21.2 Å². The lowest BCUT2D eigenvalue weighted by molar-refractivity contribution is 0.414. The molecule has 0 aliphatic carbocycles. The van der Waals surface area contributed by atoms with Gasteiger partial charge in [-0.3, -0.25) is 14.0 Å². The van der Waals surface area contributed by atoms with Gasteiger partial charge in [-0.05, 0) is 111 Å². The Morgan fingerprint density at radius 1 is 0.500 bits per heavy atom. The van der Waals surface area contributed by atoms with Crippen LogP contribution in [0.5, 0.6) is 5.75 Å². The second kappa shape index (κ2) is 21.7. The summed E-state index contributed by atoms with van der Waals surface area (Å²) in [6.07, 6.45) is 2.20. The third kappa shape index (κ3) is 10.7. The Kier molecular flexibility index (Phi) is 15.1. The van der Waals surface area contributed by atoms with Crippen molar-refractivity contribution in [3.8, 4) is 5.75 Å². The van der Waals surface area contributed by atoms with E-state index in [4.69, 9.17) is 4.74 Å². The van der Waals surface area contributed by atoms with Crippen molar-refractivity contribution in [3.05, 3.63) is 123 Å². The van der Waals surface area contributed by atoms with Gasteiger partial charge >= 0.3 is 0 Å². The number of hydrogen-bond acceptors (Lipinski definition) is 20. The fourth-order valence-corrected chi connectivity index (χ4v) is 14.1. The van der Waals surface area contributed by atoms with Crippen molar-refractivity contribution in [1.82, 2.24) is 59.9 Å². The summed E-state index contributed by atoms with van der Waals surface area (Å²) in [5.41, 5.74) is 12.1. The van der Waals surface area contributed by atoms with E-state index in [1.54, 1.807) is 52.7 Å². The number of nitrogens with one attached hydrogen (secondary N) is 3. The van der Waals surface area contributed by atoms with E-state index in [0.29, 0.717) is 35.9 Å². The third-order valence-corrected chi connectivity index (χ3v) is 19.3. The molecule has 0 atom stereocenters. The molecule has 0 spiro atoms. The molecule has 0 bridgehead atoms. The highest BCUT2D eigenvalue weighted by Crippen LogP contribution is 2.41. The van der Waals surface area contributed by atoms with E-state index in [1.165, 1.54) is 40.9 Å². The molecule has 0 aliphatic heterocycles. The van der Waals surface area contributed by atoms with Crippen LogP contribution in [-0.4, -0.2) is 96.4 Å². The normalized spacial score (nSPS) is 11.9. The van der Waals surface area contributed by atoms with Crippen LogP contribution in [-0.2, 0) is 60.5 Å². The number of rotatable bonds is 12. The molecular formula is C54H56FN15O5S5. The maximum absolute atomic E-state index is 13.8. The predicted molar refractivity (Wildman–Crippen MR) is 318 cm³/mol. The number of halogens is 1. The third-order valence-electron chi connectivity index (χ3n) is 13.9. The number of methoxy groups -OCH3 is 1. The van der Waals surface area contributed by atoms with Crippen molar-refractivity contribution >= 4 is 132 Å². The first-order valence-corrected chi connectivity index (χ1v) is 31.1. The van der Waals surface area contributed by atoms with Crippen molar-refractivity contribution < 1.29 is 26.0 Å². The number of nitrogens with zero attached hydrogens (tertiary/aromatic N) is 12. The summed E-state index contributed by atoms with van der Waals surface area (Å²) >= 11 is 4.71. The average molecular weight is 1170 g/mol. The van der Waals surface area contributed by atoms with Gasteiger partial charge < -0.3 is 20.7 Å². The quantitative estimate of drug-likeness (QED) is 0.103. The van der Waals surface area contributed by atoms with Crippen molar-refractivity contribution in [1.29, 1.82) is 0 Å². The van der Waals surface area contributed by atoms with E-state index in [0.717, 1.165) is 119 Å². The van der Waals surface area contributed by atoms with E-state index in [-0.39, 0.29) is 4.90 Å². The van der Waals surface area contributed by atoms with Crippen molar-refractivity contribution in [2.45, 2.75) is 71.0 Å². The van der Waals surface area contributed by atoms with Gasteiger partial charge in [-0.15, -0.1) is 49.3 Å². The molecule has 0 saturated carbocycles. The standard InChI is InChI=1S/C18H18FN5O2S2.C18H19N5O2S2.C18H19N5OS/c1-9-10(2)21-22-18-14(9)15-16(27-18)17(23-24(15)3)20-8-11-5-6-12(19)13(7-11)28(4,25)26;1-10-11(2)20-21-18-14(10)15-16(26-18)17(22-23(15)3)19-9-12-5-7-13(8-6-12)27(4,24)25;1-10-11(2)20-21-18-14(10)15-16(25-18)17(22-23(15)3)19-9-12-5-7-13(24-4)8-6-12/h5-7H,8H2,1-4H3,(H,20,23);5-8H,9H2,1-4H3,(H,19,22);5-8H,9H2,1-4H3,(H,19,22). The Labute approximate surface area is 471 Å². The van der Waals surface area contributed by atoms with Crippen LogP contribution in [0.25, 0.3) is 61.3 Å². The Balaban J connectivity index is 0.000000135. The Morgan fingerprint density at radius 3 is 1.20 bits per heavy atom. The van der Waals surface area contributed by atoms with E-state index in [2.05, 4.69) is 87.8 Å². The van der Waals surface area contributed by atoms with Crippen molar-refractivity contribution in [2.75, 3.05) is 35.6 Å². The number of sulfone groups is 2. The van der Waals surface area contributed by atoms with Gasteiger partial charge in [0.15, 0.2) is 37.1 Å². The minimum Gasteiger partial charge on any atom is -0.497 e. The molecule has 12 aromatic rings. The largest absolute Gasteiger partial charge is 0.497 e. The average Bonchev–Trinajstić information content (AvgIpc) is 4.47. The summed E-state index contributed by atoms with van der Waals surface area (Å²) in [7, 11) is 0.630. The zero-order valence-electron chi connectivity index (χ0n) is 45.8. The van der Waals surface area contributed by atoms with Crippen LogP contribution < -0.4 is 20.7 Å². The first kappa shape index (κ1) is 55.5. The summed E-state index contributed by atoms with van der Waals surface area (Å²) < 4.78 is 74.3. The van der Waals surface area contributed by atoms with Gasteiger partial charge in [-0.25, -0.2) is 21.2 Å². The van der Waals surface area contributed by atoms with Crippen LogP contribution >= 0.6 is 34.0 Å². The molecule has 0 saturated heterocycles. The number of aryl methyl sites for hydroxylation is 9. The molecule has 9 aromatic heterocycles. The number of aromatic nitrogens is 12. The highest BCUT2D eigenvalue weighted by Gasteiger charge is 2.23. The number of anilines is 3. The number of fused-ring (bicyclic) bond motifs is 9. The van der Waals surface area contributed by atoms with E-state index < -0.39 is 25.5 Å². The van der Waals surface area contributed by atoms with Crippen molar-refractivity contribution in [3.63, 3.8) is 0 Å². The summed E-state index contributed by atoms with van der Waals surface area (Å²) in [5.74, 6) is 2.45. The first-order valence-electron chi connectivity index (χ1n) is 24.9.